The standard InChI is InChI=1S/C13H14N2O4S/c1-8-5-9(3-4-10(8)18-2)13-14-11(19-15-13)6-20-7-12(16)17/h3-5H,6-7H2,1-2H3,(H,16,17). The summed E-state index contributed by atoms with van der Waals surface area (Å²) in [6.45, 7) is 1.94. The maximum absolute atomic E-state index is 10.4. The van der Waals surface area contributed by atoms with Crippen LogP contribution in [0.15, 0.2) is 22.7 Å². The van der Waals surface area contributed by atoms with Gasteiger partial charge in [0.2, 0.25) is 11.7 Å². The number of aromatic nitrogens is 2. The van der Waals surface area contributed by atoms with Gasteiger partial charge in [0, 0.05) is 5.56 Å². The molecular formula is C13H14N2O4S. The van der Waals surface area contributed by atoms with E-state index < -0.39 is 5.97 Å². The first kappa shape index (κ1) is 14.4. The van der Waals surface area contributed by atoms with E-state index in [1.807, 2.05) is 25.1 Å². The van der Waals surface area contributed by atoms with E-state index in [1.165, 1.54) is 11.8 Å². The Balaban J connectivity index is 2.08. The number of hydrogen-bond acceptors (Lipinski definition) is 6. The number of benzene rings is 1. The van der Waals surface area contributed by atoms with Gasteiger partial charge >= 0.3 is 5.97 Å². The van der Waals surface area contributed by atoms with E-state index >= 15 is 0 Å². The first-order valence-electron chi connectivity index (χ1n) is 5.87. The Morgan fingerprint density at radius 3 is 2.95 bits per heavy atom. The highest BCUT2D eigenvalue weighted by Gasteiger charge is 2.10. The molecule has 6 nitrogen and oxygen atoms in total. The molecule has 7 heteroatoms. The Morgan fingerprint density at radius 1 is 1.50 bits per heavy atom. The zero-order chi connectivity index (χ0) is 14.5. The molecule has 2 rings (SSSR count). The SMILES string of the molecule is COc1ccc(-c2noc(CSCC(=O)O)n2)cc1C. The minimum Gasteiger partial charge on any atom is -0.496 e. The molecule has 0 radical (unpaired) electrons. The third kappa shape index (κ3) is 3.51. The van der Waals surface area contributed by atoms with Crippen LogP contribution in [-0.2, 0) is 10.5 Å². The van der Waals surface area contributed by atoms with Crippen molar-refractivity contribution in [1.82, 2.24) is 10.1 Å². The summed E-state index contributed by atoms with van der Waals surface area (Å²) >= 11 is 1.22. The number of aliphatic carboxylic acids is 1. The molecule has 0 aliphatic rings. The summed E-state index contributed by atoms with van der Waals surface area (Å²) in [6, 6.07) is 5.61. The van der Waals surface area contributed by atoms with Crippen molar-refractivity contribution in [3.63, 3.8) is 0 Å². The summed E-state index contributed by atoms with van der Waals surface area (Å²) in [7, 11) is 1.62. The molecule has 0 aliphatic heterocycles. The molecule has 20 heavy (non-hydrogen) atoms. The average Bonchev–Trinajstić information content (AvgIpc) is 2.87. The van der Waals surface area contributed by atoms with Crippen LogP contribution < -0.4 is 4.74 Å². The Bertz CT molecular complexity index is 612. The Kier molecular flexibility index (Phi) is 4.62. The highest BCUT2D eigenvalue weighted by atomic mass is 32.2. The molecule has 0 spiro atoms. The molecule has 0 bridgehead atoms. The van der Waals surface area contributed by atoms with Crippen LogP contribution in [0.5, 0.6) is 5.75 Å². The molecule has 0 saturated carbocycles. The summed E-state index contributed by atoms with van der Waals surface area (Å²) in [5.74, 6) is 1.24. The van der Waals surface area contributed by atoms with Crippen molar-refractivity contribution in [1.29, 1.82) is 0 Å². The fraction of sp³-hybridized carbons (Fsp3) is 0.308. The van der Waals surface area contributed by atoms with Gasteiger partial charge in [-0.25, -0.2) is 0 Å². The number of carbonyl (C=O) groups is 1. The molecule has 0 aliphatic carbocycles. The molecule has 0 saturated heterocycles. The van der Waals surface area contributed by atoms with Crippen molar-refractivity contribution < 1.29 is 19.2 Å². The van der Waals surface area contributed by atoms with Crippen LogP contribution in [0.25, 0.3) is 11.4 Å². The van der Waals surface area contributed by atoms with Gasteiger partial charge in [-0.2, -0.15) is 4.98 Å². The highest BCUT2D eigenvalue weighted by Crippen LogP contribution is 2.24. The minimum atomic E-state index is -0.861. The number of carboxylic acids is 1. The summed E-state index contributed by atoms with van der Waals surface area (Å²) in [4.78, 5) is 14.7. The number of rotatable bonds is 6. The van der Waals surface area contributed by atoms with Crippen molar-refractivity contribution in [2.24, 2.45) is 0 Å². The number of hydrogen-bond donors (Lipinski definition) is 1. The Labute approximate surface area is 120 Å². The van der Waals surface area contributed by atoms with E-state index in [-0.39, 0.29) is 5.75 Å². The summed E-state index contributed by atoms with van der Waals surface area (Å²) < 4.78 is 10.3. The van der Waals surface area contributed by atoms with Gasteiger partial charge in [0.1, 0.15) is 5.75 Å². The quantitative estimate of drug-likeness (QED) is 0.875. The number of carboxylic acid groups (broad SMARTS) is 1. The van der Waals surface area contributed by atoms with E-state index in [1.54, 1.807) is 7.11 Å². The molecule has 0 amide bonds. The second-order valence-electron chi connectivity index (χ2n) is 4.08. The van der Waals surface area contributed by atoms with E-state index in [4.69, 9.17) is 14.4 Å². The molecule has 2 aromatic rings. The van der Waals surface area contributed by atoms with Crippen molar-refractivity contribution in [3.05, 3.63) is 29.7 Å². The predicted molar refractivity (Wildman–Crippen MR) is 74.8 cm³/mol. The van der Waals surface area contributed by atoms with Gasteiger partial charge in [-0.15, -0.1) is 11.8 Å². The topological polar surface area (TPSA) is 85.5 Å². The van der Waals surface area contributed by atoms with Crippen LogP contribution >= 0.6 is 11.8 Å². The fourth-order valence-electron chi connectivity index (χ4n) is 1.67. The first-order valence-corrected chi connectivity index (χ1v) is 7.02. The normalized spacial score (nSPS) is 10.5. The molecule has 106 valence electrons. The van der Waals surface area contributed by atoms with E-state index in [2.05, 4.69) is 10.1 Å². The lowest BCUT2D eigenvalue weighted by atomic mass is 10.1. The lowest BCUT2D eigenvalue weighted by molar-refractivity contribution is -0.133. The molecule has 0 fully saturated rings. The van der Waals surface area contributed by atoms with Gasteiger partial charge in [0.05, 0.1) is 18.6 Å². The Morgan fingerprint density at radius 2 is 2.30 bits per heavy atom. The maximum atomic E-state index is 10.4. The zero-order valence-electron chi connectivity index (χ0n) is 11.1. The third-order valence-electron chi connectivity index (χ3n) is 2.57. The zero-order valence-corrected chi connectivity index (χ0v) is 11.9. The monoisotopic (exact) mass is 294 g/mol. The second kappa shape index (κ2) is 6.42. The number of aryl methyl sites for hydroxylation is 1. The van der Waals surface area contributed by atoms with Gasteiger partial charge in [-0.1, -0.05) is 5.16 Å². The number of thioether (sulfide) groups is 1. The van der Waals surface area contributed by atoms with Gasteiger partial charge in [0.25, 0.3) is 0 Å². The van der Waals surface area contributed by atoms with Gasteiger partial charge < -0.3 is 14.4 Å². The third-order valence-corrected chi connectivity index (χ3v) is 3.47. The molecule has 1 aromatic heterocycles. The van der Waals surface area contributed by atoms with Crippen molar-refractivity contribution in [3.8, 4) is 17.1 Å². The van der Waals surface area contributed by atoms with E-state index in [0.717, 1.165) is 16.9 Å². The van der Waals surface area contributed by atoms with Crippen LogP contribution in [0, 0.1) is 6.92 Å². The van der Waals surface area contributed by atoms with Crippen molar-refractivity contribution in [2.75, 3.05) is 12.9 Å². The lowest BCUT2D eigenvalue weighted by Gasteiger charge is -2.04. The van der Waals surface area contributed by atoms with Crippen LogP contribution in [0.4, 0.5) is 0 Å². The number of nitrogens with zero attached hydrogens (tertiary/aromatic N) is 2. The first-order chi connectivity index (χ1) is 9.60. The second-order valence-corrected chi connectivity index (χ2v) is 5.07. The lowest BCUT2D eigenvalue weighted by Crippen LogP contribution is -1.98. The molecule has 1 heterocycles. The van der Waals surface area contributed by atoms with Crippen molar-refractivity contribution in [2.45, 2.75) is 12.7 Å². The molecule has 0 unspecified atom stereocenters. The van der Waals surface area contributed by atoms with Crippen molar-refractivity contribution >= 4 is 17.7 Å². The molecule has 1 N–H and O–H groups in total. The van der Waals surface area contributed by atoms with E-state index in [0.29, 0.717) is 17.5 Å². The molecule has 0 atom stereocenters. The largest absolute Gasteiger partial charge is 0.496 e. The summed E-state index contributed by atoms with van der Waals surface area (Å²) in [6.07, 6.45) is 0. The maximum Gasteiger partial charge on any atom is 0.313 e. The fourth-order valence-corrected chi connectivity index (χ4v) is 2.24. The van der Waals surface area contributed by atoms with Gasteiger partial charge in [0.15, 0.2) is 0 Å². The minimum absolute atomic E-state index is 0.0133. The predicted octanol–water partition coefficient (Wildman–Crippen LogP) is 2.37. The highest BCUT2D eigenvalue weighted by molar-refractivity contribution is 7.99. The van der Waals surface area contributed by atoms with Crippen LogP contribution in [-0.4, -0.2) is 34.1 Å². The van der Waals surface area contributed by atoms with Gasteiger partial charge in [-0.3, -0.25) is 4.79 Å². The molecule has 1 aromatic carbocycles. The smallest absolute Gasteiger partial charge is 0.313 e. The molecular weight excluding hydrogens is 280 g/mol. The van der Waals surface area contributed by atoms with Crippen LogP contribution in [0.2, 0.25) is 0 Å². The number of methoxy groups -OCH3 is 1. The van der Waals surface area contributed by atoms with Gasteiger partial charge in [-0.05, 0) is 30.7 Å². The van der Waals surface area contributed by atoms with Crippen LogP contribution in [0.3, 0.4) is 0 Å². The summed E-state index contributed by atoms with van der Waals surface area (Å²) in [5, 5.41) is 12.4. The van der Waals surface area contributed by atoms with E-state index in [9.17, 15) is 4.79 Å². The Hall–Kier alpha value is -2.02. The average molecular weight is 294 g/mol. The number of ether oxygens (including phenoxy) is 1. The summed E-state index contributed by atoms with van der Waals surface area (Å²) in [5.41, 5.74) is 1.82. The van der Waals surface area contributed by atoms with Crippen LogP contribution in [0.1, 0.15) is 11.5 Å².